The fourth-order valence-corrected chi connectivity index (χ4v) is 3.67. The SMILES string of the molecule is O=C1c2ccc3c(c2C(=O)c2cccc(O)c21)C(=O)C[C@@H](CO)C3. The lowest BCUT2D eigenvalue weighted by Crippen LogP contribution is -2.29. The smallest absolute Gasteiger partial charge is 0.198 e. The zero-order valence-corrected chi connectivity index (χ0v) is 12.7. The molecular formula is C19H14O5. The Morgan fingerprint density at radius 1 is 0.875 bits per heavy atom. The number of aliphatic hydroxyl groups excluding tert-OH is 1. The fraction of sp³-hybridized carbons (Fsp3) is 0.211. The van der Waals surface area contributed by atoms with Crippen LogP contribution in [-0.4, -0.2) is 34.2 Å². The van der Waals surface area contributed by atoms with E-state index in [0.29, 0.717) is 17.5 Å². The molecule has 0 saturated carbocycles. The normalized spacial score (nSPS) is 18.9. The summed E-state index contributed by atoms with van der Waals surface area (Å²) >= 11 is 0. The molecule has 0 unspecified atom stereocenters. The average Bonchev–Trinajstić information content (AvgIpc) is 2.58. The number of rotatable bonds is 1. The number of ketones is 3. The van der Waals surface area contributed by atoms with Crippen LogP contribution in [0.15, 0.2) is 30.3 Å². The second-order valence-electron chi connectivity index (χ2n) is 6.26. The van der Waals surface area contributed by atoms with Crippen LogP contribution in [0.5, 0.6) is 5.75 Å². The third-order valence-electron chi connectivity index (χ3n) is 4.80. The Morgan fingerprint density at radius 2 is 1.58 bits per heavy atom. The Kier molecular flexibility index (Phi) is 3.15. The van der Waals surface area contributed by atoms with Crippen LogP contribution in [0.4, 0.5) is 0 Å². The summed E-state index contributed by atoms with van der Waals surface area (Å²) in [5.41, 5.74) is 1.39. The van der Waals surface area contributed by atoms with Gasteiger partial charge < -0.3 is 10.2 Å². The van der Waals surface area contributed by atoms with Crippen molar-refractivity contribution in [2.24, 2.45) is 5.92 Å². The van der Waals surface area contributed by atoms with Gasteiger partial charge in [0.15, 0.2) is 17.3 Å². The summed E-state index contributed by atoms with van der Waals surface area (Å²) in [6.07, 6.45) is 0.660. The molecule has 1 atom stereocenters. The Balaban J connectivity index is 1.98. The number of phenolic OH excluding ortho intramolecular Hbond substituents is 1. The Hall–Kier alpha value is -2.79. The summed E-state index contributed by atoms with van der Waals surface area (Å²) in [5, 5.41) is 19.3. The quantitative estimate of drug-likeness (QED) is 0.714. The van der Waals surface area contributed by atoms with Gasteiger partial charge in [0.25, 0.3) is 0 Å². The number of carbonyl (C=O) groups is 3. The molecule has 0 saturated heterocycles. The van der Waals surface area contributed by atoms with Crippen LogP contribution in [-0.2, 0) is 6.42 Å². The molecule has 0 aliphatic heterocycles. The molecule has 2 aliphatic carbocycles. The van der Waals surface area contributed by atoms with E-state index in [-0.39, 0.29) is 52.7 Å². The summed E-state index contributed by atoms with van der Waals surface area (Å²) in [5.74, 6) is -1.48. The molecule has 2 aliphatic rings. The third kappa shape index (κ3) is 1.88. The van der Waals surface area contributed by atoms with Crippen molar-refractivity contribution in [3.8, 4) is 5.75 Å². The molecular weight excluding hydrogens is 308 g/mol. The minimum atomic E-state index is -0.447. The van der Waals surface area contributed by atoms with E-state index in [9.17, 15) is 24.6 Å². The molecule has 5 nitrogen and oxygen atoms in total. The predicted molar refractivity (Wildman–Crippen MR) is 84.6 cm³/mol. The topological polar surface area (TPSA) is 91.7 Å². The molecule has 0 aromatic heterocycles. The van der Waals surface area contributed by atoms with E-state index in [1.807, 2.05) is 0 Å². The first kappa shape index (κ1) is 14.8. The largest absolute Gasteiger partial charge is 0.507 e. The first-order valence-electron chi connectivity index (χ1n) is 7.74. The van der Waals surface area contributed by atoms with Crippen molar-refractivity contribution in [3.63, 3.8) is 0 Å². The molecule has 4 rings (SSSR count). The van der Waals surface area contributed by atoms with Crippen molar-refractivity contribution < 1.29 is 24.6 Å². The van der Waals surface area contributed by atoms with E-state index >= 15 is 0 Å². The van der Waals surface area contributed by atoms with E-state index in [1.54, 1.807) is 6.07 Å². The number of aromatic hydroxyl groups is 1. The van der Waals surface area contributed by atoms with Gasteiger partial charge in [0.05, 0.1) is 5.56 Å². The van der Waals surface area contributed by atoms with Crippen molar-refractivity contribution in [2.75, 3.05) is 6.61 Å². The van der Waals surface area contributed by atoms with Crippen LogP contribution in [0.2, 0.25) is 0 Å². The van der Waals surface area contributed by atoms with Crippen LogP contribution >= 0.6 is 0 Å². The highest BCUT2D eigenvalue weighted by Gasteiger charge is 2.38. The molecule has 2 aromatic carbocycles. The van der Waals surface area contributed by atoms with Gasteiger partial charge in [-0.2, -0.15) is 0 Å². The van der Waals surface area contributed by atoms with Gasteiger partial charge in [0.1, 0.15) is 5.75 Å². The molecule has 0 amide bonds. The Bertz CT molecular complexity index is 926. The molecule has 0 spiro atoms. The first-order chi connectivity index (χ1) is 11.5. The van der Waals surface area contributed by atoms with Crippen molar-refractivity contribution in [1.82, 2.24) is 0 Å². The maximum atomic E-state index is 12.9. The number of phenols is 1. The third-order valence-corrected chi connectivity index (χ3v) is 4.80. The number of aliphatic hydroxyl groups is 1. The molecule has 0 bridgehead atoms. The van der Waals surface area contributed by atoms with Crippen LogP contribution in [0.3, 0.4) is 0 Å². The van der Waals surface area contributed by atoms with Gasteiger partial charge in [0.2, 0.25) is 0 Å². The summed E-state index contributed by atoms with van der Waals surface area (Å²) in [7, 11) is 0. The maximum absolute atomic E-state index is 12.9. The Morgan fingerprint density at radius 3 is 2.33 bits per heavy atom. The highest BCUT2D eigenvalue weighted by molar-refractivity contribution is 6.32. The van der Waals surface area contributed by atoms with E-state index < -0.39 is 11.6 Å². The molecule has 2 aromatic rings. The highest BCUT2D eigenvalue weighted by Crippen LogP contribution is 2.37. The van der Waals surface area contributed by atoms with Crippen molar-refractivity contribution in [2.45, 2.75) is 12.8 Å². The Labute approximate surface area is 137 Å². The summed E-state index contributed by atoms with van der Waals surface area (Å²) < 4.78 is 0. The summed E-state index contributed by atoms with van der Waals surface area (Å²) in [4.78, 5) is 38.2. The second kappa shape index (κ2) is 5.11. The lowest BCUT2D eigenvalue weighted by atomic mass is 9.74. The first-order valence-corrected chi connectivity index (χ1v) is 7.74. The van der Waals surface area contributed by atoms with Gasteiger partial charge in [-0.15, -0.1) is 0 Å². The molecule has 2 N–H and O–H groups in total. The number of benzene rings is 2. The van der Waals surface area contributed by atoms with Crippen LogP contribution in [0.1, 0.15) is 54.2 Å². The van der Waals surface area contributed by atoms with Gasteiger partial charge >= 0.3 is 0 Å². The zero-order valence-electron chi connectivity index (χ0n) is 12.7. The lowest BCUT2D eigenvalue weighted by molar-refractivity contribution is 0.0906. The van der Waals surface area contributed by atoms with Gasteiger partial charge in [-0.3, -0.25) is 14.4 Å². The standard InChI is InChI=1S/C19H14O5/c20-8-9-6-10-4-5-12-17(15(10)14(22)7-9)19(24)11-2-1-3-13(21)16(11)18(12)23/h1-5,9,20-21H,6-8H2/t9-/m0/s1. The van der Waals surface area contributed by atoms with E-state index in [2.05, 4.69) is 0 Å². The monoisotopic (exact) mass is 322 g/mol. The van der Waals surface area contributed by atoms with Crippen LogP contribution in [0, 0.1) is 5.92 Å². The molecule has 24 heavy (non-hydrogen) atoms. The van der Waals surface area contributed by atoms with Gasteiger partial charge in [-0.25, -0.2) is 0 Å². The summed E-state index contributed by atoms with van der Waals surface area (Å²) in [6.45, 7) is -0.0914. The highest BCUT2D eigenvalue weighted by atomic mass is 16.3. The molecule has 5 heteroatoms. The summed E-state index contributed by atoms with van der Waals surface area (Å²) in [6, 6.07) is 7.57. The van der Waals surface area contributed by atoms with Gasteiger partial charge in [0, 0.05) is 35.3 Å². The predicted octanol–water partition coefficient (Wildman–Crippen LogP) is 1.91. The molecule has 0 radical (unpaired) electrons. The van der Waals surface area contributed by atoms with Gasteiger partial charge in [-0.1, -0.05) is 18.2 Å². The minimum absolute atomic E-state index is 0.00792. The van der Waals surface area contributed by atoms with E-state index in [1.165, 1.54) is 24.3 Å². The van der Waals surface area contributed by atoms with Crippen LogP contribution < -0.4 is 0 Å². The minimum Gasteiger partial charge on any atom is -0.507 e. The van der Waals surface area contributed by atoms with Crippen LogP contribution in [0.25, 0.3) is 0 Å². The number of fused-ring (bicyclic) bond motifs is 4. The zero-order chi connectivity index (χ0) is 17.0. The van der Waals surface area contributed by atoms with Gasteiger partial charge in [-0.05, 0) is 30.0 Å². The van der Waals surface area contributed by atoms with Crippen molar-refractivity contribution in [1.29, 1.82) is 0 Å². The lowest BCUT2D eigenvalue weighted by Gasteiger charge is -2.27. The number of hydrogen-bond acceptors (Lipinski definition) is 5. The number of Topliss-reactive ketones (excluding diaryl/α,β-unsaturated/α-hetero) is 1. The average molecular weight is 322 g/mol. The number of hydrogen-bond donors (Lipinski definition) is 2. The van der Waals surface area contributed by atoms with E-state index in [0.717, 1.165) is 0 Å². The fourth-order valence-electron chi connectivity index (χ4n) is 3.67. The van der Waals surface area contributed by atoms with E-state index in [4.69, 9.17) is 0 Å². The molecule has 0 heterocycles. The van der Waals surface area contributed by atoms with Crippen molar-refractivity contribution >= 4 is 17.3 Å². The second-order valence-corrected chi connectivity index (χ2v) is 6.26. The molecule has 0 fully saturated rings. The maximum Gasteiger partial charge on any atom is 0.198 e. The molecule has 120 valence electrons. The van der Waals surface area contributed by atoms with Crippen molar-refractivity contribution in [3.05, 3.63) is 63.7 Å². The number of carbonyl (C=O) groups excluding carboxylic acids is 3.